The van der Waals surface area contributed by atoms with Gasteiger partial charge in [-0.25, -0.2) is 0 Å². The number of methoxy groups -OCH3 is 3. The first-order chi connectivity index (χ1) is 18.1. The Bertz CT molecular complexity index is 1860. The summed E-state index contributed by atoms with van der Waals surface area (Å²) in [4.78, 5) is 19.0. The van der Waals surface area contributed by atoms with Crippen LogP contribution in [0.1, 0.15) is 13.3 Å². The fraction of sp³-hybridized carbons (Fsp3) is 0.200. The second-order valence-electron chi connectivity index (χ2n) is 8.84. The van der Waals surface area contributed by atoms with Crippen LogP contribution in [0, 0.1) is 0 Å². The van der Waals surface area contributed by atoms with Crippen molar-refractivity contribution in [3.05, 3.63) is 71.1 Å². The second-order valence-corrected chi connectivity index (χ2v) is 8.84. The Labute approximate surface area is 213 Å². The van der Waals surface area contributed by atoms with Gasteiger partial charge in [0.25, 0.3) is 5.56 Å². The average Bonchev–Trinajstić information content (AvgIpc) is 3.29. The van der Waals surface area contributed by atoms with Crippen LogP contribution in [0.5, 0.6) is 23.0 Å². The zero-order valence-corrected chi connectivity index (χ0v) is 21.1. The lowest BCUT2D eigenvalue weighted by Gasteiger charge is -2.14. The van der Waals surface area contributed by atoms with Crippen molar-refractivity contribution in [3.8, 4) is 34.1 Å². The monoisotopic (exact) mass is 494 g/mol. The largest absolute Gasteiger partial charge is 0.493 e. The van der Waals surface area contributed by atoms with Gasteiger partial charge in [-0.2, -0.15) is 0 Å². The molecule has 0 bridgehead atoms. The van der Waals surface area contributed by atoms with E-state index < -0.39 is 0 Å². The number of fused-ring (bicyclic) bond motifs is 5. The molecule has 0 N–H and O–H groups in total. The number of nitrogens with zero attached hydrogens (tertiary/aromatic N) is 2. The molecular weight excluding hydrogens is 468 g/mol. The summed E-state index contributed by atoms with van der Waals surface area (Å²) in [5, 5.41) is 3.08. The van der Waals surface area contributed by atoms with Crippen molar-refractivity contribution < 1.29 is 18.9 Å². The summed E-state index contributed by atoms with van der Waals surface area (Å²) < 4.78 is 24.4. The number of hydrogen-bond acceptors (Lipinski definition) is 6. The minimum atomic E-state index is -0.177. The molecule has 0 radical (unpaired) electrons. The lowest BCUT2D eigenvalue weighted by Crippen LogP contribution is -2.14. The Morgan fingerprint density at radius 1 is 0.838 bits per heavy atom. The lowest BCUT2D eigenvalue weighted by atomic mass is 9.99. The van der Waals surface area contributed by atoms with Crippen LogP contribution in [0.15, 0.2) is 65.6 Å². The number of aromatic nitrogens is 2. The maximum absolute atomic E-state index is 14.1. The molecule has 6 aromatic rings. The van der Waals surface area contributed by atoms with Gasteiger partial charge in [0.2, 0.25) is 0 Å². The van der Waals surface area contributed by atoms with Crippen LogP contribution >= 0.6 is 0 Å². The normalized spacial score (nSPS) is 11.6. The molecule has 3 heterocycles. The van der Waals surface area contributed by atoms with E-state index in [0.717, 1.165) is 50.3 Å². The summed E-state index contributed by atoms with van der Waals surface area (Å²) in [5.74, 6) is 2.25. The highest BCUT2D eigenvalue weighted by atomic mass is 16.5. The smallest absolute Gasteiger partial charge is 0.267 e. The fourth-order valence-electron chi connectivity index (χ4n) is 5.23. The Balaban J connectivity index is 1.75. The summed E-state index contributed by atoms with van der Waals surface area (Å²) in [5.41, 5.74) is 3.96. The van der Waals surface area contributed by atoms with Crippen LogP contribution in [0.4, 0.5) is 0 Å². The molecule has 0 aliphatic carbocycles. The Morgan fingerprint density at radius 2 is 1.62 bits per heavy atom. The van der Waals surface area contributed by atoms with Crippen molar-refractivity contribution in [1.82, 2.24) is 9.38 Å². The molecular formula is C30H26N2O5. The van der Waals surface area contributed by atoms with Crippen molar-refractivity contribution in [2.24, 2.45) is 0 Å². The van der Waals surface area contributed by atoms with Gasteiger partial charge >= 0.3 is 0 Å². The second kappa shape index (κ2) is 8.85. The predicted molar refractivity (Wildman–Crippen MR) is 146 cm³/mol. The highest BCUT2D eigenvalue weighted by Gasteiger charge is 2.24. The third kappa shape index (κ3) is 3.27. The Kier molecular flexibility index (Phi) is 5.48. The molecule has 0 amide bonds. The summed E-state index contributed by atoms with van der Waals surface area (Å²) in [7, 11) is 4.74. The van der Waals surface area contributed by atoms with Crippen LogP contribution in [-0.2, 0) is 0 Å². The van der Waals surface area contributed by atoms with Crippen LogP contribution in [0.3, 0.4) is 0 Å². The minimum Gasteiger partial charge on any atom is -0.493 e. The average molecular weight is 495 g/mol. The SMILES string of the molecule is CCCOc1ccc(-c2cnc3c4ccc(OC)c(OC)c4c(=O)n4c5ccccc5c2c34)cc1OC. The van der Waals surface area contributed by atoms with Gasteiger partial charge in [0.05, 0.1) is 49.9 Å². The molecule has 0 saturated carbocycles. The third-order valence-corrected chi connectivity index (χ3v) is 6.85. The molecule has 3 aromatic carbocycles. The van der Waals surface area contributed by atoms with Crippen molar-refractivity contribution >= 4 is 38.1 Å². The summed E-state index contributed by atoms with van der Waals surface area (Å²) >= 11 is 0. The van der Waals surface area contributed by atoms with Gasteiger partial charge in [-0.1, -0.05) is 31.2 Å². The number of hydrogen-bond donors (Lipinski definition) is 0. The molecule has 3 aromatic heterocycles. The molecule has 0 fully saturated rings. The Hall–Kier alpha value is -4.52. The van der Waals surface area contributed by atoms with E-state index in [4.69, 9.17) is 23.9 Å². The summed E-state index contributed by atoms with van der Waals surface area (Å²) in [6.45, 7) is 2.68. The molecule has 7 nitrogen and oxygen atoms in total. The van der Waals surface area contributed by atoms with E-state index >= 15 is 0 Å². The molecule has 0 atom stereocenters. The first-order valence-corrected chi connectivity index (χ1v) is 12.2. The summed E-state index contributed by atoms with van der Waals surface area (Å²) in [6.07, 6.45) is 2.77. The van der Waals surface area contributed by atoms with E-state index in [1.54, 1.807) is 25.7 Å². The molecule has 6 rings (SSSR count). The highest BCUT2D eigenvalue weighted by Crippen LogP contribution is 2.43. The van der Waals surface area contributed by atoms with Crippen LogP contribution in [-0.4, -0.2) is 37.3 Å². The lowest BCUT2D eigenvalue weighted by molar-refractivity contribution is 0.294. The van der Waals surface area contributed by atoms with Crippen LogP contribution in [0.2, 0.25) is 0 Å². The van der Waals surface area contributed by atoms with Crippen molar-refractivity contribution in [2.75, 3.05) is 27.9 Å². The molecule has 0 spiro atoms. The highest BCUT2D eigenvalue weighted by molar-refractivity contribution is 6.23. The zero-order valence-electron chi connectivity index (χ0n) is 21.1. The number of para-hydroxylation sites is 1. The molecule has 37 heavy (non-hydrogen) atoms. The van der Waals surface area contributed by atoms with Gasteiger partial charge in [0.1, 0.15) is 0 Å². The number of ether oxygens (including phenoxy) is 4. The van der Waals surface area contributed by atoms with Gasteiger partial charge < -0.3 is 18.9 Å². The number of benzene rings is 3. The predicted octanol–water partition coefficient (Wildman–Crippen LogP) is 6.07. The van der Waals surface area contributed by atoms with Crippen molar-refractivity contribution in [3.63, 3.8) is 0 Å². The topological polar surface area (TPSA) is 71.3 Å². The fourth-order valence-corrected chi connectivity index (χ4v) is 5.23. The molecule has 186 valence electrons. The first-order valence-electron chi connectivity index (χ1n) is 12.2. The van der Waals surface area contributed by atoms with E-state index in [1.165, 1.54) is 0 Å². The van der Waals surface area contributed by atoms with E-state index in [1.807, 2.05) is 60.8 Å². The van der Waals surface area contributed by atoms with Gasteiger partial charge in [-0.3, -0.25) is 14.2 Å². The van der Waals surface area contributed by atoms with Gasteiger partial charge in [0.15, 0.2) is 23.0 Å². The summed E-state index contributed by atoms with van der Waals surface area (Å²) in [6, 6.07) is 17.5. The van der Waals surface area contributed by atoms with Gasteiger partial charge in [0, 0.05) is 27.9 Å². The molecule has 0 aliphatic heterocycles. The number of pyridine rings is 2. The standard InChI is InChI=1S/C30H26N2O5/c1-5-14-37-22-12-10-17(15-24(22)35-3)20-16-31-27-19-11-13-23(34-2)29(36-4)26(19)30(33)32-21-9-7-6-8-18(21)25(20)28(27)32/h6-13,15-16H,5,14H2,1-4H3. The van der Waals surface area contributed by atoms with E-state index in [-0.39, 0.29) is 5.56 Å². The van der Waals surface area contributed by atoms with Crippen LogP contribution in [0.25, 0.3) is 49.2 Å². The van der Waals surface area contributed by atoms with Crippen LogP contribution < -0.4 is 24.5 Å². The molecule has 0 saturated heterocycles. The Morgan fingerprint density at radius 3 is 2.38 bits per heavy atom. The zero-order chi connectivity index (χ0) is 25.7. The molecule has 0 unspecified atom stereocenters. The van der Waals surface area contributed by atoms with Gasteiger partial charge in [-0.05, 0) is 42.3 Å². The van der Waals surface area contributed by atoms with Gasteiger partial charge in [-0.15, -0.1) is 0 Å². The minimum absolute atomic E-state index is 0.177. The maximum atomic E-state index is 14.1. The number of rotatable bonds is 7. The first kappa shape index (κ1) is 22.9. The quantitative estimate of drug-likeness (QED) is 0.251. The molecule has 0 aliphatic rings. The maximum Gasteiger partial charge on any atom is 0.267 e. The van der Waals surface area contributed by atoms with Crippen molar-refractivity contribution in [1.29, 1.82) is 0 Å². The molecule has 7 heteroatoms. The third-order valence-electron chi connectivity index (χ3n) is 6.85. The van der Waals surface area contributed by atoms with E-state index in [9.17, 15) is 4.79 Å². The van der Waals surface area contributed by atoms with E-state index in [2.05, 4.69) is 6.92 Å². The van der Waals surface area contributed by atoms with E-state index in [0.29, 0.717) is 35.0 Å². The van der Waals surface area contributed by atoms with Crippen molar-refractivity contribution in [2.45, 2.75) is 13.3 Å².